The van der Waals surface area contributed by atoms with Crippen molar-refractivity contribution in [1.29, 1.82) is 0 Å². The van der Waals surface area contributed by atoms with Gasteiger partial charge in [-0.2, -0.15) is 0 Å². The van der Waals surface area contributed by atoms with E-state index in [9.17, 15) is 4.79 Å². The Bertz CT molecular complexity index is 352. The molecular formula is C11H13ClN2O2. The van der Waals surface area contributed by atoms with Crippen molar-refractivity contribution in [2.45, 2.75) is 12.5 Å². The highest BCUT2D eigenvalue weighted by Gasteiger charge is 2.31. The van der Waals surface area contributed by atoms with E-state index in [4.69, 9.17) is 16.3 Å². The van der Waals surface area contributed by atoms with Crippen molar-refractivity contribution in [3.05, 3.63) is 24.5 Å². The number of nitrogens with zero attached hydrogens (tertiary/aromatic N) is 2. The van der Waals surface area contributed by atoms with Gasteiger partial charge in [0, 0.05) is 18.5 Å². The fourth-order valence-electron chi connectivity index (χ4n) is 1.56. The molecule has 0 radical (unpaired) electrons. The smallest absolute Gasteiger partial charge is 0.224 e. The lowest BCUT2D eigenvalue weighted by Crippen LogP contribution is -2.56. The number of likely N-dealkylation sites (tertiary alicyclic amines) is 1. The number of carbonyl (C=O) groups excluding carboxylic acids is 1. The molecule has 16 heavy (non-hydrogen) atoms. The van der Waals surface area contributed by atoms with Crippen LogP contribution in [0.2, 0.25) is 0 Å². The topological polar surface area (TPSA) is 42.4 Å². The molecule has 0 spiro atoms. The van der Waals surface area contributed by atoms with Crippen molar-refractivity contribution in [3.8, 4) is 5.75 Å². The van der Waals surface area contributed by atoms with Gasteiger partial charge in [0.05, 0.1) is 19.3 Å². The van der Waals surface area contributed by atoms with Gasteiger partial charge >= 0.3 is 0 Å². The standard InChI is InChI=1S/C11H13ClN2O2/c12-4-3-11(15)14-7-10(8-14)16-9-2-1-5-13-6-9/h1-2,5-6,10H,3-4,7-8H2. The van der Waals surface area contributed by atoms with Crippen LogP contribution in [-0.2, 0) is 4.79 Å². The van der Waals surface area contributed by atoms with E-state index in [0.29, 0.717) is 25.4 Å². The monoisotopic (exact) mass is 240 g/mol. The van der Waals surface area contributed by atoms with Gasteiger partial charge in [-0.25, -0.2) is 0 Å². The Kier molecular flexibility index (Phi) is 3.62. The molecule has 86 valence electrons. The molecular weight excluding hydrogens is 228 g/mol. The first-order valence-corrected chi connectivity index (χ1v) is 5.73. The summed E-state index contributed by atoms with van der Waals surface area (Å²) in [6.45, 7) is 1.29. The van der Waals surface area contributed by atoms with Crippen molar-refractivity contribution in [1.82, 2.24) is 9.88 Å². The zero-order valence-corrected chi connectivity index (χ0v) is 9.56. The summed E-state index contributed by atoms with van der Waals surface area (Å²) in [6, 6.07) is 3.68. The van der Waals surface area contributed by atoms with Gasteiger partial charge in [-0.05, 0) is 12.1 Å². The Balaban J connectivity index is 1.75. The van der Waals surface area contributed by atoms with E-state index < -0.39 is 0 Å². The molecule has 5 heteroatoms. The Morgan fingerprint density at radius 2 is 2.44 bits per heavy atom. The Labute approximate surface area is 99.2 Å². The van der Waals surface area contributed by atoms with Crippen LogP contribution in [0.5, 0.6) is 5.75 Å². The number of alkyl halides is 1. The van der Waals surface area contributed by atoms with Crippen LogP contribution < -0.4 is 4.74 Å². The van der Waals surface area contributed by atoms with Crippen LogP contribution in [0.4, 0.5) is 0 Å². The largest absolute Gasteiger partial charge is 0.485 e. The van der Waals surface area contributed by atoms with Crippen LogP contribution in [0.1, 0.15) is 6.42 Å². The molecule has 1 fully saturated rings. The number of pyridine rings is 1. The zero-order chi connectivity index (χ0) is 11.4. The Morgan fingerprint density at radius 3 is 3.06 bits per heavy atom. The highest BCUT2D eigenvalue weighted by molar-refractivity contribution is 6.18. The summed E-state index contributed by atoms with van der Waals surface area (Å²) in [5.41, 5.74) is 0. The van der Waals surface area contributed by atoms with Crippen molar-refractivity contribution in [2.24, 2.45) is 0 Å². The van der Waals surface area contributed by atoms with Crippen molar-refractivity contribution < 1.29 is 9.53 Å². The molecule has 0 N–H and O–H groups in total. The molecule has 1 aliphatic heterocycles. The van der Waals surface area contributed by atoms with Gasteiger partial charge in [-0.3, -0.25) is 9.78 Å². The second-order valence-electron chi connectivity index (χ2n) is 3.67. The number of hydrogen-bond donors (Lipinski definition) is 0. The number of carbonyl (C=O) groups is 1. The van der Waals surface area contributed by atoms with Crippen molar-refractivity contribution >= 4 is 17.5 Å². The molecule has 1 aliphatic rings. The minimum atomic E-state index is 0.0866. The molecule has 0 bridgehead atoms. The number of hydrogen-bond acceptors (Lipinski definition) is 3. The van der Waals surface area contributed by atoms with Gasteiger partial charge in [-0.15, -0.1) is 11.6 Å². The second kappa shape index (κ2) is 5.16. The van der Waals surface area contributed by atoms with Crippen molar-refractivity contribution in [2.75, 3.05) is 19.0 Å². The van der Waals surface area contributed by atoms with Crippen LogP contribution in [-0.4, -0.2) is 40.9 Å². The molecule has 0 saturated carbocycles. The Hall–Kier alpha value is -1.29. The highest BCUT2D eigenvalue weighted by Crippen LogP contribution is 2.17. The minimum absolute atomic E-state index is 0.0866. The first-order chi connectivity index (χ1) is 7.79. The molecule has 2 rings (SSSR count). The summed E-state index contributed by atoms with van der Waals surface area (Å²) in [4.78, 5) is 17.1. The van der Waals surface area contributed by atoms with Gasteiger partial charge < -0.3 is 9.64 Å². The van der Waals surface area contributed by atoms with E-state index in [-0.39, 0.29) is 12.0 Å². The number of rotatable bonds is 4. The normalized spacial score (nSPS) is 15.7. The molecule has 1 amide bonds. The molecule has 1 aromatic rings. The summed E-state index contributed by atoms with van der Waals surface area (Å²) in [6.07, 6.45) is 3.86. The number of aromatic nitrogens is 1. The maximum absolute atomic E-state index is 11.4. The molecule has 4 nitrogen and oxygen atoms in total. The molecule has 0 aromatic carbocycles. The van der Waals surface area contributed by atoms with Crippen LogP contribution >= 0.6 is 11.6 Å². The molecule has 1 aromatic heterocycles. The van der Waals surface area contributed by atoms with Crippen LogP contribution in [0, 0.1) is 0 Å². The molecule has 0 unspecified atom stereocenters. The zero-order valence-electron chi connectivity index (χ0n) is 8.80. The van der Waals surface area contributed by atoms with Gasteiger partial charge in [0.2, 0.25) is 5.91 Å². The SMILES string of the molecule is O=C(CCCl)N1CC(Oc2cccnc2)C1. The van der Waals surface area contributed by atoms with Crippen molar-refractivity contribution in [3.63, 3.8) is 0 Å². The van der Waals surface area contributed by atoms with Crippen LogP contribution in [0.3, 0.4) is 0 Å². The summed E-state index contributed by atoms with van der Waals surface area (Å²) >= 11 is 5.50. The van der Waals surface area contributed by atoms with Gasteiger partial charge in [0.15, 0.2) is 0 Å². The van der Waals surface area contributed by atoms with Crippen LogP contribution in [0.15, 0.2) is 24.5 Å². The first kappa shape index (κ1) is 11.2. The maximum Gasteiger partial charge on any atom is 0.224 e. The second-order valence-corrected chi connectivity index (χ2v) is 4.04. The predicted octanol–water partition coefficient (Wildman–Crippen LogP) is 1.30. The quantitative estimate of drug-likeness (QED) is 0.745. The Morgan fingerprint density at radius 1 is 1.62 bits per heavy atom. The van der Waals surface area contributed by atoms with E-state index >= 15 is 0 Å². The lowest BCUT2D eigenvalue weighted by Gasteiger charge is -2.38. The van der Waals surface area contributed by atoms with E-state index in [0.717, 1.165) is 5.75 Å². The molecule has 2 heterocycles. The number of ether oxygens (including phenoxy) is 1. The maximum atomic E-state index is 11.4. The third kappa shape index (κ3) is 2.64. The predicted molar refractivity (Wildman–Crippen MR) is 60.6 cm³/mol. The van der Waals surface area contributed by atoms with E-state index in [1.165, 1.54) is 0 Å². The van der Waals surface area contributed by atoms with Gasteiger partial charge in [-0.1, -0.05) is 0 Å². The average Bonchev–Trinajstić information content (AvgIpc) is 2.24. The summed E-state index contributed by atoms with van der Waals surface area (Å²) in [7, 11) is 0. The fourth-order valence-corrected chi connectivity index (χ4v) is 1.73. The van der Waals surface area contributed by atoms with E-state index in [1.54, 1.807) is 17.3 Å². The minimum Gasteiger partial charge on any atom is -0.485 e. The summed E-state index contributed by atoms with van der Waals surface area (Å²) < 4.78 is 5.62. The molecule has 0 atom stereocenters. The lowest BCUT2D eigenvalue weighted by molar-refractivity contribution is -0.139. The van der Waals surface area contributed by atoms with Gasteiger partial charge in [0.25, 0.3) is 0 Å². The summed E-state index contributed by atoms with van der Waals surface area (Å²) in [5.74, 6) is 1.22. The first-order valence-electron chi connectivity index (χ1n) is 5.20. The van der Waals surface area contributed by atoms with Crippen LogP contribution in [0.25, 0.3) is 0 Å². The number of amides is 1. The summed E-state index contributed by atoms with van der Waals surface area (Å²) in [5, 5.41) is 0. The average molecular weight is 241 g/mol. The van der Waals surface area contributed by atoms with E-state index in [2.05, 4.69) is 4.98 Å². The number of halogens is 1. The fraction of sp³-hybridized carbons (Fsp3) is 0.455. The molecule has 0 aliphatic carbocycles. The van der Waals surface area contributed by atoms with Gasteiger partial charge in [0.1, 0.15) is 11.9 Å². The highest BCUT2D eigenvalue weighted by atomic mass is 35.5. The third-order valence-electron chi connectivity index (χ3n) is 2.45. The molecule has 1 saturated heterocycles. The van der Waals surface area contributed by atoms with E-state index in [1.807, 2.05) is 12.1 Å². The third-order valence-corrected chi connectivity index (χ3v) is 2.64. The lowest BCUT2D eigenvalue weighted by atomic mass is 10.1.